The monoisotopic (exact) mass is 269 g/mol. The molecule has 1 aliphatic rings. The molecule has 0 bridgehead atoms. The van der Waals surface area contributed by atoms with Crippen LogP contribution in [0.4, 0.5) is 5.69 Å². The number of nitrogens with two attached hydrogens (primary N) is 1. The van der Waals surface area contributed by atoms with Gasteiger partial charge in [0.05, 0.1) is 4.90 Å². The van der Waals surface area contributed by atoms with Gasteiger partial charge in [-0.2, -0.15) is 0 Å². The first-order chi connectivity index (χ1) is 8.58. The summed E-state index contributed by atoms with van der Waals surface area (Å²) in [6.45, 7) is 2.55. The summed E-state index contributed by atoms with van der Waals surface area (Å²) in [6.07, 6.45) is 1.85. The van der Waals surface area contributed by atoms with Crippen LogP contribution in [0.2, 0.25) is 0 Å². The number of hydrogen-bond donors (Lipinski definition) is 2. The first-order valence-electron chi connectivity index (χ1n) is 6.10. The predicted molar refractivity (Wildman–Crippen MR) is 72.3 cm³/mol. The van der Waals surface area contributed by atoms with Crippen molar-refractivity contribution in [3.8, 4) is 0 Å². The summed E-state index contributed by atoms with van der Waals surface area (Å²) in [4.78, 5) is 2.60. The molecule has 0 aromatic heterocycles. The maximum atomic E-state index is 11.7. The van der Waals surface area contributed by atoms with Gasteiger partial charge in [0.2, 0.25) is 10.0 Å². The minimum absolute atomic E-state index is 0.337. The third kappa shape index (κ3) is 2.50. The molecule has 0 amide bonds. The summed E-state index contributed by atoms with van der Waals surface area (Å²) >= 11 is 0. The summed E-state index contributed by atoms with van der Waals surface area (Å²) in [6, 6.07) is 5.32. The number of nitrogens with zero attached hydrogens (tertiary/aromatic N) is 1. The molecule has 1 aromatic carbocycles. The van der Waals surface area contributed by atoms with Gasteiger partial charge in [-0.3, -0.25) is 0 Å². The van der Waals surface area contributed by atoms with E-state index >= 15 is 0 Å². The van der Waals surface area contributed by atoms with E-state index in [4.69, 9.17) is 5.73 Å². The number of sulfonamides is 1. The zero-order valence-electron chi connectivity index (χ0n) is 10.5. The van der Waals surface area contributed by atoms with Gasteiger partial charge in [0.25, 0.3) is 0 Å². The quantitative estimate of drug-likeness (QED) is 0.806. The predicted octanol–water partition coefficient (Wildman–Crippen LogP) is 0.306. The number of nitrogens with one attached hydrogen (secondary N) is 1. The third-order valence-corrected chi connectivity index (χ3v) is 4.67. The number of benzene rings is 1. The Morgan fingerprint density at radius 3 is 2.89 bits per heavy atom. The molecule has 0 atom stereocenters. The van der Waals surface area contributed by atoms with Crippen molar-refractivity contribution in [3.05, 3.63) is 23.8 Å². The summed E-state index contributed by atoms with van der Waals surface area (Å²) in [5.74, 6) is 0. The largest absolute Gasteiger partial charge is 0.371 e. The first kappa shape index (κ1) is 13.3. The molecule has 2 rings (SSSR count). The molecule has 0 unspecified atom stereocenters. The second-order valence-corrected chi connectivity index (χ2v) is 6.26. The molecule has 3 N–H and O–H groups in total. The van der Waals surface area contributed by atoms with Gasteiger partial charge in [0, 0.05) is 18.8 Å². The number of hydrogen-bond acceptors (Lipinski definition) is 4. The molecule has 5 nitrogen and oxygen atoms in total. The van der Waals surface area contributed by atoms with Crippen LogP contribution in [0.3, 0.4) is 0 Å². The van der Waals surface area contributed by atoms with Gasteiger partial charge in [-0.25, -0.2) is 13.1 Å². The maximum Gasteiger partial charge on any atom is 0.240 e. The molecule has 1 heterocycles. The van der Waals surface area contributed by atoms with Crippen LogP contribution in [0.5, 0.6) is 0 Å². The van der Waals surface area contributed by atoms with Crippen molar-refractivity contribution in [2.45, 2.75) is 17.7 Å². The van der Waals surface area contributed by atoms with Crippen molar-refractivity contribution < 1.29 is 8.42 Å². The molecule has 0 saturated carbocycles. The minimum atomic E-state index is -3.34. The molecule has 100 valence electrons. The molecule has 0 aliphatic carbocycles. The highest BCUT2D eigenvalue weighted by molar-refractivity contribution is 7.89. The number of rotatable bonds is 5. The van der Waals surface area contributed by atoms with E-state index in [-0.39, 0.29) is 0 Å². The number of fused-ring (bicyclic) bond motifs is 1. The van der Waals surface area contributed by atoms with Crippen LogP contribution in [-0.2, 0) is 16.4 Å². The standard InChI is InChI=1S/C12H19N3O2S/c1-14-18(16,17)11-3-4-12-10(9-11)5-8-15(12)7-2-6-13/h3-4,9,14H,2,5-8,13H2,1H3. The Bertz CT molecular complexity index is 528. The van der Waals surface area contributed by atoms with Crippen LogP contribution < -0.4 is 15.4 Å². The summed E-state index contributed by atoms with van der Waals surface area (Å²) in [5.41, 5.74) is 7.75. The lowest BCUT2D eigenvalue weighted by atomic mass is 10.2. The summed E-state index contributed by atoms with van der Waals surface area (Å²) < 4.78 is 25.8. The van der Waals surface area contributed by atoms with Gasteiger partial charge >= 0.3 is 0 Å². The average Bonchev–Trinajstić information content (AvgIpc) is 2.78. The van der Waals surface area contributed by atoms with E-state index in [1.165, 1.54) is 7.05 Å². The normalized spacial score (nSPS) is 14.9. The van der Waals surface area contributed by atoms with Crippen molar-refractivity contribution in [1.29, 1.82) is 0 Å². The summed E-state index contributed by atoms with van der Waals surface area (Å²) in [7, 11) is -1.92. The van der Waals surface area contributed by atoms with E-state index in [0.717, 1.165) is 37.2 Å². The molecule has 18 heavy (non-hydrogen) atoms. The molecule has 0 saturated heterocycles. The van der Waals surface area contributed by atoms with Gasteiger partial charge in [0.15, 0.2) is 0 Å². The lowest BCUT2D eigenvalue weighted by molar-refractivity contribution is 0.588. The molecule has 1 aliphatic heterocycles. The van der Waals surface area contributed by atoms with Crippen LogP contribution in [0, 0.1) is 0 Å². The van der Waals surface area contributed by atoms with Crippen molar-refractivity contribution in [2.75, 3.05) is 31.6 Å². The van der Waals surface area contributed by atoms with Gasteiger partial charge in [-0.15, -0.1) is 0 Å². The van der Waals surface area contributed by atoms with E-state index in [9.17, 15) is 8.42 Å². The smallest absolute Gasteiger partial charge is 0.240 e. The molecule has 0 spiro atoms. The average molecular weight is 269 g/mol. The fourth-order valence-electron chi connectivity index (χ4n) is 2.25. The van der Waals surface area contributed by atoms with Crippen LogP contribution in [-0.4, -0.2) is 35.1 Å². The van der Waals surface area contributed by atoms with Crippen LogP contribution in [0.1, 0.15) is 12.0 Å². The van der Waals surface area contributed by atoms with Crippen molar-refractivity contribution in [2.24, 2.45) is 5.73 Å². The fourth-order valence-corrected chi connectivity index (χ4v) is 3.03. The van der Waals surface area contributed by atoms with Gasteiger partial charge < -0.3 is 10.6 Å². The summed E-state index contributed by atoms with van der Waals surface area (Å²) in [5, 5.41) is 0. The van der Waals surface area contributed by atoms with Crippen LogP contribution in [0.15, 0.2) is 23.1 Å². The molecule has 0 radical (unpaired) electrons. The Kier molecular flexibility index (Phi) is 3.89. The van der Waals surface area contributed by atoms with E-state index in [1.54, 1.807) is 12.1 Å². The van der Waals surface area contributed by atoms with Gasteiger partial charge in [0.1, 0.15) is 0 Å². The number of anilines is 1. The topological polar surface area (TPSA) is 75.4 Å². The van der Waals surface area contributed by atoms with E-state index in [2.05, 4.69) is 9.62 Å². The van der Waals surface area contributed by atoms with Crippen molar-refractivity contribution in [1.82, 2.24) is 4.72 Å². The Morgan fingerprint density at radius 2 is 2.22 bits per heavy atom. The zero-order chi connectivity index (χ0) is 13.2. The Labute approximate surface area is 108 Å². The Hall–Kier alpha value is -1.11. The second kappa shape index (κ2) is 5.26. The molecule has 1 aromatic rings. The van der Waals surface area contributed by atoms with Crippen molar-refractivity contribution >= 4 is 15.7 Å². The second-order valence-electron chi connectivity index (χ2n) is 4.38. The van der Waals surface area contributed by atoms with Crippen LogP contribution in [0.25, 0.3) is 0 Å². The molecule has 6 heteroatoms. The molecule has 0 fully saturated rings. The van der Waals surface area contributed by atoms with Crippen LogP contribution >= 0.6 is 0 Å². The highest BCUT2D eigenvalue weighted by atomic mass is 32.2. The highest BCUT2D eigenvalue weighted by Gasteiger charge is 2.21. The fraction of sp³-hybridized carbons (Fsp3) is 0.500. The third-order valence-electron chi connectivity index (χ3n) is 3.25. The van der Waals surface area contributed by atoms with Crippen molar-refractivity contribution in [3.63, 3.8) is 0 Å². The lowest BCUT2D eigenvalue weighted by Crippen LogP contribution is -2.23. The SMILES string of the molecule is CNS(=O)(=O)c1ccc2c(c1)CCN2CCCN. The highest BCUT2D eigenvalue weighted by Crippen LogP contribution is 2.29. The van der Waals surface area contributed by atoms with E-state index in [0.29, 0.717) is 11.4 Å². The molecular weight excluding hydrogens is 250 g/mol. The Morgan fingerprint density at radius 1 is 1.44 bits per heavy atom. The molecular formula is C12H19N3O2S. The minimum Gasteiger partial charge on any atom is -0.371 e. The zero-order valence-corrected chi connectivity index (χ0v) is 11.3. The van der Waals surface area contributed by atoms with E-state index in [1.807, 2.05) is 6.07 Å². The van der Waals surface area contributed by atoms with Gasteiger partial charge in [-0.1, -0.05) is 0 Å². The maximum absolute atomic E-state index is 11.7. The first-order valence-corrected chi connectivity index (χ1v) is 7.58. The van der Waals surface area contributed by atoms with E-state index < -0.39 is 10.0 Å². The van der Waals surface area contributed by atoms with Gasteiger partial charge in [-0.05, 0) is 50.2 Å². The Balaban J connectivity index is 2.26. The lowest BCUT2D eigenvalue weighted by Gasteiger charge is -2.19.